The molecule has 0 saturated carbocycles. The van der Waals surface area contributed by atoms with Crippen molar-refractivity contribution in [3.05, 3.63) is 53.9 Å². The lowest BCUT2D eigenvalue weighted by Crippen LogP contribution is -2.22. The molecule has 1 atom stereocenters. The Bertz CT molecular complexity index is 849. The van der Waals surface area contributed by atoms with Gasteiger partial charge in [-0.25, -0.2) is 4.79 Å². The van der Waals surface area contributed by atoms with Gasteiger partial charge in [0.25, 0.3) is 0 Å². The number of oxime groups is 1. The number of nitrogens with zero attached hydrogens (tertiary/aromatic N) is 2. The maximum Gasteiger partial charge on any atom is 0.337 e. The number of para-hydroxylation sites is 2. The zero-order valence-corrected chi connectivity index (χ0v) is 16.5. The van der Waals surface area contributed by atoms with E-state index >= 15 is 0 Å². The zero-order valence-electron chi connectivity index (χ0n) is 16.5. The molecule has 8 heteroatoms. The van der Waals surface area contributed by atoms with Crippen LogP contribution in [0.1, 0.15) is 35.3 Å². The Morgan fingerprint density at radius 3 is 2.76 bits per heavy atom. The highest BCUT2D eigenvalue weighted by atomic mass is 16.8. The molecule has 2 aromatic rings. The molecular weight excluding hydrogens is 376 g/mol. The Kier molecular flexibility index (Phi) is 7.40. The van der Waals surface area contributed by atoms with Crippen molar-refractivity contribution in [1.29, 1.82) is 0 Å². The highest BCUT2D eigenvalue weighted by Gasteiger charge is 2.17. The van der Waals surface area contributed by atoms with Gasteiger partial charge in [0, 0.05) is 12.6 Å². The lowest BCUT2D eigenvalue weighted by atomic mass is 10.2. The third kappa shape index (κ3) is 5.68. The molecule has 1 aliphatic heterocycles. The first-order valence-electron chi connectivity index (χ1n) is 9.36. The van der Waals surface area contributed by atoms with Crippen LogP contribution in [0.15, 0.2) is 47.8 Å². The molecule has 2 heterocycles. The van der Waals surface area contributed by atoms with Crippen LogP contribution < -0.4 is 9.47 Å². The average molecular weight is 400 g/mol. The Hall–Kier alpha value is -3.13. The molecule has 1 aromatic carbocycles. The van der Waals surface area contributed by atoms with E-state index < -0.39 is 12.3 Å². The number of hydrogen-bond donors (Lipinski definition) is 0. The number of carbonyl (C=O) groups excluding carboxylic acids is 1. The van der Waals surface area contributed by atoms with Crippen molar-refractivity contribution in [2.45, 2.75) is 25.6 Å². The molecule has 1 aliphatic rings. The van der Waals surface area contributed by atoms with Crippen molar-refractivity contribution in [3.8, 4) is 11.5 Å². The maximum atomic E-state index is 11.9. The van der Waals surface area contributed by atoms with Gasteiger partial charge >= 0.3 is 5.97 Å². The highest BCUT2D eigenvalue weighted by Crippen LogP contribution is 2.26. The molecule has 0 aliphatic carbocycles. The zero-order chi connectivity index (χ0) is 20.5. The highest BCUT2D eigenvalue weighted by molar-refractivity contribution is 6.01. The van der Waals surface area contributed by atoms with Gasteiger partial charge in [0.1, 0.15) is 12.3 Å². The minimum atomic E-state index is -0.463. The van der Waals surface area contributed by atoms with Crippen LogP contribution in [0.3, 0.4) is 0 Å². The molecule has 0 N–H and O–H groups in total. The van der Waals surface area contributed by atoms with Gasteiger partial charge in [-0.1, -0.05) is 17.3 Å². The molecule has 154 valence electrons. The summed E-state index contributed by atoms with van der Waals surface area (Å²) in [6, 6.07) is 10.4. The predicted molar refractivity (Wildman–Crippen MR) is 105 cm³/mol. The second kappa shape index (κ2) is 10.4. The summed E-state index contributed by atoms with van der Waals surface area (Å²) in [5, 5.41) is 4.23. The maximum absolute atomic E-state index is 11.9. The van der Waals surface area contributed by atoms with E-state index in [0.717, 1.165) is 19.3 Å². The van der Waals surface area contributed by atoms with E-state index in [1.165, 1.54) is 13.3 Å². The van der Waals surface area contributed by atoms with Crippen LogP contribution in [0.2, 0.25) is 0 Å². The van der Waals surface area contributed by atoms with E-state index in [1.54, 1.807) is 31.4 Å². The summed E-state index contributed by atoms with van der Waals surface area (Å²) in [5.41, 5.74) is 1.21. The molecule has 0 spiro atoms. The average Bonchev–Trinajstić information content (AvgIpc) is 2.79. The topological polar surface area (TPSA) is 88.5 Å². The van der Waals surface area contributed by atoms with E-state index in [-0.39, 0.29) is 6.61 Å². The lowest BCUT2D eigenvalue weighted by molar-refractivity contribution is -0.162. The minimum absolute atomic E-state index is 0.0602. The first-order valence-corrected chi connectivity index (χ1v) is 9.36. The Morgan fingerprint density at radius 1 is 1.21 bits per heavy atom. The Labute approximate surface area is 169 Å². The number of methoxy groups -OCH3 is 2. The summed E-state index contributed by atoms with van der Waals surface area (Å²) in [6.45, 7) is 0.702. The SMILES string of the molecule is COC(=O)c1ccnc(/C(COc2ccccc2OC)=N/OC2CCCCO2)c1. The van der Waals surface area contributed by atoms with Crippen LogP contribution >= 0.6 is 0 Å². The third-order valence-corrected chi connectivity index (χ3v) is 4.33. The number of ether oxygens (including phenoxy) is 4. The van der Waals surface area contributed by atoms with Crippen LogP contribution in [-0.4, -0.2) is 50.4 Å². The standard InChI is InChI=1S/C21H24N2O6/c1-25-18-7-3-4-8-19(18)28-14-17(23-29-20-9-5-6-12-27-20)16-13-15(10-11-22-16)21(24)26-2/h3-4,7-8,10-11,13,20H,5-6,9,12,14H2,1-2H3/b23-17+. The number of rotatable bonds is 8. The van der Waals surface area contributed by atoms with Crippen molar-refractivity contribution in [2.24, 2.45) is 5.16 Å². The van der Waals surface area contributed by atoms with Gasteiger partial charge in [-0.3, -0.25) is 4.98 Å². The molecule has 1 unspecified atom stereocenters. The number of aromatic nitrogens is 1. The number of benzene rings is 1. The van der Waals surface area contributed by atoms with Gasteiger partial charge in [0.15, 0.2) is 11.5 Å². The van der Waals surface area contributed by atoms with Crippen molar-refractivity contribution in [1.82, 2.24) is 4.98 Å². The van der Waals surface area contributed by atoms with Gasteiger partial charge < -0.3 is 23.8 Å². The molecule has 0 radical (unpaired) electrons. The molecule has 1 aromatic heterocycles. The van der Waals surface area contributed by atoms with Crippen molar-refractivity contribution < 1.29 is 28.6 Å². The van der Waals surface area contributed by atoms with E-state index in [1.807, 2.05) is 12.1 Å². The Morgan fingerprint density at radius 2 is 2.03 bits per heavy atom. The number of esters is 1. The molecule has 8 nitrogen and oxygen atoms in total. The molecule has 0 amide bonds. The van der Waals surface area contributed by atoms with Crippen LogP contribution in [0.5, 0.6) is 11.5 Å². The van der Waals surface area contributed by atoms with Gasteiger partial charge in [0.05, 0.1) is 32.1 Å². The van der Waals surface area contributed by atoms with E-state index in [9.17, 15) is 4.79 Å². The van der Waals surface area contributed by atoms with Crippen molar-refractivity contribution in [2.75, 3.05) is 27.4 Å². The van der Waals surface area contributed by atoms with Crippen molar-refractivity contribution >= 4 is 11.7 Å². The van der Waals surface area contributed by atoms with Crippen LogP contribution in [0.4, 0.5) is 0 Å². The molecule has 3 rings (SSSR count). The van der Waals surface area contributed by atoms with E-state index in [2.05, 4.69) is 10.1 Å². The first kappa shape index (κ1) is 20.6. The predicted octanol–water partition coefficient (Wildman–Crippen LogP) is 3.20. The molecule has 1 fully saturated rings. The summed E-state index contributed by atoms with van der Waals surface area (Å²) >= 11 is 0. The molecule has 29 heavy (non-hydrogen) atoms. The quantitative estimate of drug-likeness (QED) is 0.382. The van der Waals surface area contributed by atoms with Crippen LogP contribution in [-0.2, 0) is 14.3 Å². The third-order valence-electron chi connectivity index (χ3n) is 4.33. The van der Waals surface area contributed by atoms with Crippen LogP contribution in [0.25, 0.3) is 0 Å². The van der Waals surface area contributed by atoms with Gasteiger partial charge in [-0.2, -0.15) is 0 Å². The van der Waals surface area contributed by atoms with E-state index in [0.29, 0.717) is 35.1 Å². The number of carbonyl (C=O) groups is 1. The summed E-state index contributed by atoms with van der Waals surface area (Å²) in [5.74, 6) is 0.690. The van der Waals surface area contributed by atoms with Gasteiger partial charge in [0.2, 0.25) is 6.29 Å². The fourth-order valence-electron chi connectivity index (χ4n) is 2.78. The molecule has 0 bridgehead atoms. The monoisotopic (exact) mass is 400 g/mol. The van der Waals surface area contributed by atoms with Gasteiger partial charge in [-0.15, -0.1) is 0 Å². The fraction of sp³-hybridized carbons (Fsp3) is 0.381. The fourth-order valence-corrected chi connectivity index (χ4v) is 2.78. The summed E-state index contributed by atoms with van der Waals surface area (Å²) in [4.78, 5) is 21.7. The van der Waals surface area contributed by atoms with E-state index in [4.69, 9.17) is 23.8 Å². The largest absolute Gasteiger partial charge is 0.493 e. The second-order valence-electron chi connectivity index (χ2n) is 6.30. The smallest absolute Gasteiger partial charge is 0.337 e. The number of hydrogen-bond acceptors (Lipinski definition) is 8. The summed E-state index contributed by atoms with van der Waals surface area (Å²) in [7, 11) is 2.90. The molecule has 1 saturated heterocycles. The summed E-state index contributed by atoms with van der Waals surface area (Å²) < 4.78 is 21.5. The normalized spacial score (nSPS) is 16.8. The van der Waals surface area contributed by atoms with Gasteiger partial charge in [-0.05, 0) is 37.1 Å². The second-order valence-corrected chi connectivity index (χ2v) is 6.30. The lowest BCUT2D eigenvalue weighted by Gasteiger charge is -2.20. The minimum Gasteiger partial charge on any atom is -0.493 e. The molecular formula is C21H24N2O6. The number of pyridine rings is 1. The first-order chi connectivity index (χ1) is 14.2. The van der Waals surface area contributed by atoms with Crippen LogP contribution in [0, 0.1) is 0 Å². The van der Waals surface area contributed by atoms with Crippen molar-refractivity contribution in [3.63, 3.8) is 0 Å². The summed E-state index contributed by atoms with van der Waals surface area (Å²) in [6.07, 6.45) is 3.89. The Balaban J connectivity index is 1.82.